The van der Waals surface area contributed by atoms with Crippen molar-refractivity contribution in [3.63, 3.8) is 0 Å². The van der Waals surface area contributed by atoms with E-state index in [1.165, 1.54) is 0 Å². The Labute approximate surface area is 90.1 Å². The Kier molecular flexibility index (Phi) is 3.35. The molecule has 4 nitrogen and oxygen atoms in total. The number of carbonyl (C=O) groups excluding carboxylic acids is 1. The first kappa shape index (κ1) is 11.6. The van der Waals surface area contributed by atoms with Crippen LogP contribution in [0.25, 0.3) is 4.85 Å². The van der Waals surface area contributed by atoms with E-state index in [0.717, 1.165) is 18.5 Å². The molecule has 0 saturated carbocycles. The van der Waals surface area contributed by atoms with Gasteiger partial charge in [-0.2, -0.15) is 0 Å². The third kappa shape index (κ3) is 4.03. The van der Waals surface area contributed by atoms with Gasteiger partial charge in [-0.25, -0.2) is 9.64 Å². The van der Waals surface area contributed by atoms with Gasteiger partial charge in [0.25, 0.3) is 0 Å². The molecule has 0 unspecified atom stereocenters. The molecule has 1 aliphatic carbocycles. The molecular weight excluding hydrogens is 192 g/mol. The van der Waals surface area contributed by atoms with E-state index in [4.69, 9.17) is 11.3 Å². The van der Waals surface area contributed by atoms with Crippen LogP contribution in [0.2, 0.25) is 0 Å². The first-order valence-corrected chi connectivity index (χ1v) is 4.98. The average molecular weight is 208 g/mol. The van der Waals surface area contributed by atoms with Crippen LogP contribution in [0.15, 0.2) is 11.8 Å². The molecule has 0 spiro atoms. The quantitative estimate of drug-likeness (QED) is 0.673. The van der Waals surface area contributed by atoms with E-state index in [0.29, 0.717) is 0 Å². The van der Waals surface area contributed by atoms with Crippen LogP contribution in [0.5, 0.6) is 0 Å². The number of rotatable bonds is 1. The van der Waals surface area contributed by atoms with E-state index >= 15 is 0 Å². The summed E-state index contributed by atoms with van der Waals surface area (Å²) < 4.78 is 5.11. The fraction of sp³-hybridized carbons (Fsp3) is 0.636. The summed E-state index contributed by atoms with van der Waals surface area (Å²) >= 11 is 0. The van der Waals surface area contributed by atoms with Gasteiger partial charge in [-0.3, -0.25) is 0 Å². The molecule has 0 fully saturated rings. The van der Waals surface area contributed by atoms with Gasteiger partial charge in [-0.05, 0) is 33.6 Å². The number of alkyl carbamates (subject to hydrolysis) is 1. The number of allylic oxidation sites excluding steroid dienone is 1. The smallest absolute Gasteiger partial charge is 0.408 e. The van der Waals surface area contributed by atoms with Crippen LogP contribution in [0, 0.1) is 6.57 Å². The summed E-state index contributed by atoms with van der Waals surface area (Å²) in [7, 11) is 0. The lowest BCUT2D eigenvalue weighted by molar-refractivity contribution is 0.0514. The number of hydrogen-bond acceptors (Lipinski definition) is 2. The minimum Gasteiger partial charge on any atom is -0.444 e. The Bertz CT molecular complexity index is 320. The minimum atomic E-state index is -0.477. The summed E-state index contributed by atoms with van der Waals surface area (Å²) in [6.45, 7) is 12.3. The molecule has 0 aromatic carbocycles. The number of ether oxygens (including phenoxy) is 1. The van der Waals surface area contributed by atoms with E-state index in [1.54, 1.807) is 6.08 Å². The van der Waals surface area contributed by atoms with E-state index < -0.39 is 11.7 Å². The first-order chi connectivity index (χ1) is 6.90. The summed E-state index contributed by atoms with van der Waals surface area (Å²) in [6.07, 6.45) is 2.90. The van der Waals surface area contributed by atoms with E-state index in [9.17, 15) is 4.79 Å². The molecule has 1 amide bonds. The zero-order valence-corrected chi connectivity index (χ0v) is 9.33. The van der Waals surface area contributed by atoms with Crippen molar-refractivity contribution >= 4 is 6.09 Å². The second-order valence-corrected chi connectivity index (χ2v) is 4.56. The summed E-state index contributed by atoms with van der Waals surface area (Å²) in [6, 6.07) is -0.0519. The maximum Gasteiger partial charge on any atom is 0.408 e. The lowest BCUT2D eigenvalue weighted by Crippen LogP contribution is -2.37. The summed E-state index contributed by atoms with van der Waals surface area (Å²) in [5, 5.41) is 2.72. The van der Waals surface area contributed by atoms with E-state index in [-0.39, 0.29) is 6.04 Å². The van der Waals surface area contributed by atoms with Gasteiger partial charge in [-0.1, -0.05) is 6.08 Å². The molecule has 0 bridgehead atoms. The van der Waals surface area contributed by atoms with E-state index in [2.05, 4.69) is 10.2 Å². The van der Waals surface area contributed by atoms with Gasteiger partial charge >= 0.3 is 6.09 Å². The number of nitrogens with one attached hydrogen (secondary N) is 1. The van der Waals surface area contributed by atoms with Crippen molar-refractivity contribution in [3.05, 3.63) is 23.2 Å². The minimum absolute atomic E-state index is 0.0519. The van der Waals surface area contributed by atoms with Crippen LogP contribution >= 0.6 is 0 Å². The molecule has 0 aromatic rings. The highest BCUT2D eigenvalue weighted by Crippen LogP contribution is 2.19. The molecular formula is C11H16N2O2. The molecule has 1 N–H and O–H groups in total. The van der Waals surface area contributed by atoms with Crippen LogP contribution in [-0.4, -0.2) is 17.7 Å². The van der Waals surface area contributed by atoms with Crippen molar-refractivity contribution in [2.75, 3.05) is 0 Å². The van der Waals surface area contributed by atoms with Crippen molar-refractivity contribution in [2.45, 2.75) is 45.3 Å². The largest absolute Gasteiger partial charge is 0.444 e. The van der Waals surface area contributed by atoms with Crippen molar-refractivity contribution in [2.24, 2.45) is 0 Å². The highest BCUT2D eigenvalue weighted by atomic mass is 16.6. The second-order valence-electron chi connectivity index (χ2n) is 4.56. The summed E-state index contributed by atoms with van der Waals surface area (Å²) in [5.74, 6) is 0. The Hall–Kier alpha value is -1.50. The SMILES string of the molecule is [C-]#[N+]C1=C[C@H](NC(=O)OC(C)(C)C)CC1. The van der Waals surface area contributed by atoms with Crippen LogP contribution in [0.3, 0.4) is 0 Å². The number of amides is 1. The highest BCUT2D eigenvalue weighted by molar-refractivity contribution is 5.68. The number of hydrogen-bond donors (Lipinski definition) is 1. The van der Waals surface area contributed by atoms with Gasteiger partial charge in [0.05, 0.1) is 6.57 Å². The average Bonchev–Trinajstić information content (AvgIpc) is 2.48. The molecule has 0 radical (unpaired) electrons. The van der Waals surface area contributed by atoms with Crippen molar-refractivity contribution < 1.29 is 9.53 Å². The standard InChI is InChI=1S/C11H16N2O2/c1-11(2,3)15-10(14)13-9-6-5-8(7-9)12-4/h7,9H,5-6H2,1-3H3,(H,13,14)/t9-/m1/s1. The molecule has 0 aromatic heterocycles. The molecule has 1 aliphatic rings. The van der Waals surface area contributed by atoms with Crippen LogP contribution in [0.1, 0.15) is 33.6 Å². The maximum absolute atomic E-state index is 11.4. The fourth-order valence-corrected chi connectivity index (χ4v) is 1.37. The topological polar surface area (TPSA) is 42.7 Å². The molecule has 1 atom stereocenters. The van der Waals surface area contributed by atoms with Gasteiger partial charge in [-0.15, -0.1) is 0 Å². The highest BCUT2D eigenvalue weighted by Gasteiger charge is 2.21. The summed E-state index contributed by atoms with van der Waals surface area (Å²) in [4.78, 5) is 14.7. The van der Waals surface area contributed by atoms with Gasteiger partial charge < -0.3 is 10.1 Å². The first-order valence-electron chi connectivity index (χ1n) is 4.98. The Morgan fingerprint density at radius 3 is 2.80 bits per heavy atom. The molecule has 0 heterocycles. The van der Waals surface area contributed by atoms with Gasteiger partial charge in [0.15, 0.2) is 5.70 Å². The number of nitrogens with zero attached hydrogens (tertiary/aromatic N) is 1. The fourth-order valence-electron chi connectivity index (χ4n) is 1.37. The zero-order chi connectivity index (χ0) is 11.5. The maximum atomic E-state index is 11.4. The molecule has 0 saturated heterocycles. The molecule has 4 heteroatoms. The van der Waals surface area contributed by atoms with Gasteiger partial charge in [0, 0.05) is 6.04 Å². The predicted molar refractivity (Wildman–Crippen MR) is 57.1 cm³/mol. The van der Waals surface area contributed by atoms with Crippen molar-refractivity contribution in [1.82, 2.24) is 5.32 Å². The summed E-state index contributed by atoms with van der Waals surface area (Å²) in [5.41, 5.74) is 0.241. The third-order valence-electron chi connectivity index (χ3n) is 1.95. The normalized spacial score (nSPS) is 20.4. The Balaban J connectivity index is 2.41. The lowest BCUT2D eigenvalue weighted by atomic mass is 10.2. The second kappa shape index (κ2) is 4.35. The zero-order valence-electron chi connectivity index (χ0n) is 9.33. The van der Waals surface area contributed by atoms with Crippen molar-refractivity contribution in [1.29, 1.82) is 0 Å². The van der Waals surface area contributed by atoms with Crippen molar-refractivity contribution in [3.8, 4) is 0 Å². The van der Waals surface area contributed by atoms with Crippen LogP contribution in [0.4, 0.5) is 4.79 Å². The van der Waals surface area contributed by atoms with Crippen LogP contribution < -0.4 is 5.32 Å². The molecule has 1 rings (SSSR count). The van der Waals surface area contributed by atoms with E-state index in [1.807, 2.05) is 20.8 Å². The van der Waals surface area contributed by atoms with Crippen LogP contribution in [-0.2, 0) is 4.74 Å². The third-order valence-corrected chi connectivity index (χ3v) is 1.95. The van der Waals surface area contributed by atoms with Gasteiger partial charge in [0.2, 0.25) is 0 Å². The molecule has 0 aliphatic heterocycles. The predicted octanol–water partition coefficient (Wildman–Crippen LogP) is 2.48. The molecule has 82 valence electrons. The Morgan fingerprint density at radius 1 is 1.67 bits per heavy atom. The Morgan fingerprint density at radius 2 is 2.33 bits per heavy atom. The number of carbonyl (C=O) groups is 1. The van der Waals surface area contributed by atoms with Gasteiger partial charge in [0.1, 0.15) is 5.60 Å². The lowest BCUT2D eigenvalue weighted by Gasteiger charge is -2.21. The molecule has 15 heavy (non-hydrogen) atoms. The monoisotopic (exact) mass is 208 g/mol.